The van der Waals surface area contributed by atoms with E-state index in [9.17, 15) is 18.4 Å². The van der Waals surface area contributed by atoms with Gasteiger partial charge in [-0.2, -0.15) is 0 Å². The van der Waals surface area contributed by atoms with Crippen LogP contribution in [0, 0.1) is 11.6 Å². The first-order chi connectivity index (χ1) is 11.5. The number of hydrogen-bond acceptors (Lipinski definition) is 3. The maximum atomic E-state index is 13.9. The summed E-state index contributed by atoms with van der Waals surface area (Å²) in [4.78, 5) is 29.3. The fourth-order valence-electron chi connectivity index (χ4n) is 3.09. The summed E-state index contributed by atoms with van der Waals surface area (Å²) >= 11 is 0. The maximum Gasteiger partial charge on any atom is 0.256 e. The van der Waals surface area contributed by atoms with Crippen LogP contribution in [0.5, 0.6) is 0 Å². The minimum Gasteiger partial charge on any atom is -0.368 e. The quantitative estimate of drug-likeness (QED) is 0.931. The molecule has 1 atom stereocenters. The average molecular weight is 331 g/mol. The van der Waals surface area contributed by atoms with E-state index in [1.54, 1.807) is 12.1 Å². The molecule has 2 amide bonds. The Hall–Kier alpha value is -2.83. The first-order valence-electron chi connectivity index (χ1n) is 7.44. The Morgan fingerprint density at radius 1 is 1.33 bits per heavy atom. The van der Waals surface area contributed by atoms with Crippen molar-refractivity contribution in [3.05, 3.63) is 65.0 Å². The van der Waals surface area contributed by atoms with Crippen molar-refractivity contribution in [3.8, 4) is 0 Å². The molecule has 0 saturated heterocycles. The number of carbonyl (C=O) groups excluding carboxylic acids is 2. The number of fused-ring (bicyclic) bond motifs is 1. The fraction of sp³-hybridized carbons (Fsp3) is 0.235. The molecule has 0 aliphatic heterocycles. The number of halogens is 2. The minimum absolute atomic E-state index is 0.282. The van der Waals surface area contributed by atoms with Crippen molar-refractivity contribution >= 4 is 11.8 Å². The molecule has 2 aromatic rings. The van der Waals surface area contributed by atoms with Gasteiger partial charge in [0.15, 0.2) is 0 Å². The topological polar surface area (TPSA) is 76.3 Å². The van der Waals surface area contributed by atoms with E-state index < -0.39 is 29.5 Å². The smallest absolute Gasteiger partial charge is 0.256 e. The first kappa shape index (κ1) is 16.0. The zero-order valence-corrected chi connectivity index (χ0v) is 12.7. The van der Waals surface area contributed by atoms with Gasteiger partial charge in [0.25, 0.3) is 5.91 Å². The molecule has 1 aromatic heterocycles. The predicted molar refractivity (Wildman–Crippen MR) is 81.9 cm³/mol. The number of benzene rings is 1. The molecular weight excluding hydrogens is 316 g/mol. The summed E-state index contributed by atoms with van der Waals surface area (Å²) in [5.74, 6) is -2.51. The molecule has 124 valence electrons. The van der Waals surface area contributed by atoms with Gasteiger partial charge in [-0.05, 0) is 42.2 Å². The number of rotatable bonds is 4. The Labute approximate surface area is 137 Å². The number of aromatic nitrogens is 1. The summed E-state index contributed by atoms with van der Waals surface area (Å²) < 4.78 is 27.5. The van der Waals surface area contributed by atoms with Crippen LogP contribution < -0.4 is 5.73 Å². The zero-order chi connectivity index (χ0) is 17.3. The standard InChI is InChI=1S/C17H15F2N3O2/c18-11-6-13-12(14(19)7-11)3-4-15(13)22(9-16(20)23)17(24)10-2-1-5-21-8-10/h1-2,5-8,15H,3-4,9H2,(H2,20,23). The number of carbonyl (C=O) groups is 2. The number of primary amides is 1. The van der Waals surface area contributed by atoms with Crippen LogP contribution in [0.4, 0.5) is 8.78 Å². The second kappa shape index (κ2) is 6.35. The van der Waals surface area contributed by atoms with E-state index in [0.29, 0.717) is 24.0 Å². The van der Waals surface area contributed by atoms with Gasteiger partial charge < -0.3 is 10.6 Å². The molecule has 2 N–H and O–H groups in total. The van der Waals surface area contributed by atoms with Crippen molar-refractivity contribution in [3.63, 3.8) is 0 Å². The lowest BCUT2D eigenvalue weighted by Crippen LogP contribution is -2.40. The van der Waals surface area contributed by atoms with Gasteiger partial charge in [-0.3, -0.25) is 14.6 Å². The summed E-state index contributed by atoms with van der Waals surface area (Å²) in [5, 5.41) is 0. The first-order valence-corrected chi connectivity index (χ1v) is 7.44. The molecule has 0 fully saturated rings. The monoisotopic (exact) mass is 331 g/mol. The van der Waals surface area contributed by atoms with Crippen LogP contribution in [0.15, 0.2) is 36.7 Å². The summed E-state index contributed by atoms with van der Waals surface area (Å²) in [6.45, 7) is -0.337. The number of amides is 2. The zero-order valence-electron chi connectivity index (χ0n) is 12.7. The van der Waals surface area contributed by atoms with Crippen LogP contribution in [-0.2, 0) is 11.2 Å². The van der Waals surface area contributed by atoms with Gasteiger partial charge in [-0.15, -0.1) is 0 Å². The summed E-state index contributed by atoms with van der Waals surface area (Å²) in [7, 11) is 0. The van der Waals surface area contributed by atoms with Gasteiger partial charge in [0.2, 0.25) is 5.91 Å². The molecule has 0 saturated carbocycles. The van der Waals surface area contributed by atoms with E-state index >= 15 is 0 Å². The van der Waals surface area contributed by atoms with E-state index in [4.69, 9.17) is 5.73 Å². The summed E-state index contributed by atoms with van der Waals surface area (Å²) in [6, 6.07) is 4.58. The molecule has 24 heavy (non-hydrogen) atoms. The van der Waals surface area contributed by atoms with Crippen LogP contribution in [0.2, 0.25) is 0 Å². The highest BCUT2D eigenvalue weighted by Crippen LogP contribution is 2.38. The van der Waals surface area contributed by atoms with Gasteiger partial charge in [0, 0.05) is 18.5 Å². The van der Waals surface area contributed by atoms with Gasteiger partial charge in [0.1, 0.15) is 18.2 Å². The molecule has 3 rings (SSSR count). The minimum atomic E-state index is -0.717. The lowest BCUT2D eigenvalue weighted by Gasteiger charge is -2.28. The Morgan fingerprint density at radius 2 is 2.12 bits per heavy atom. The van der Waals surface area contributed by atoms with Crippen LogP contribution in [0.3, 0.4) is 0 Å². The highest BCUT2D eigenvalue weighted by molar-refractivity contribution is 5.96. The number of hydrogen-bond donors (Lipinski definition) is 1. The maximum absolute atomic E-state index is 13.9. The molecule has 1 heterocycles. The SMILES string of the molecule is NC(=O)CN(C(=O)c1cccnc1)C1CCc2c(F)cc(F)cc21. The third-order valence-electron chi connectivity index (χ3n) is 4.09. The fourth-order valence-corrected chi connectivity index (χ4v) is 3.09. The highest BCUT2D eigenvalue weighted by Gasteiger charge is 2.34. The normalized spacial score (nSPS) is 15.8. The molecule has 1 aromatic carbocycles. The molecule has 0 spiro atoms. The van der Waals surface area contributed by atoms with E-state index in [1.165, 1.54) is 23.4 Å². The van der Waals surface area contributed by atoms with E-state index in [1.807, 2.05) is 0 Å². The van der Waals surface area contributed by atoms with Crippen molar-refractivity contribution in [2.24, 2.45) is 5.73 Å². The highest BCUT2D eigenvalue weighted by atomic mass is 19.1. The second-order valence-corrected chi connectivity index (χ2v) is 5.65. The van der Waals surface area contributed by atoms with Crippen molar-refractivity contribution in [1.29, 1.82) is 0 Å². The van der Waals surface area contributed by atoms with Crippen molar-refractivity contribution < 1.29 is 18.4 Å². The molecule has 7 heteroatoms. The lowest BCUT2D eigenvalue weighted by molar-refractivity contribution is -0.119. The van der Waals surface area contributed by atoms with Crippen LogP contribution in [-0.4, -0.2) is 28.2 Å². The van der Waals surface area contributed by atoms with Gasteiger partial charge >= 0.3 is 0 Å². The molecular formula is C17H15F2N3O2. The molecule has 1 aliphatic rings. The molecule has 0 radical (unpaired) electrons. The number of nitrogens with zero attached hydrogens (tertiary/aromatic N) is 2. The Kier molecular flexibility index (Phi) is 4.24. The Morgan fingerprint density at radius 3 is 2.79 bits per heavy atom. The Bertz CT molecular complexity index is 796. The van der Waals surface area contributed by atoms with Crippen molar-refractivity contribution in [2.75, 3.05) is 6.54 Å². The summed E-state index contributed by atoms with van der Waals surface area (Å²) in [6.07, 6.45) is 3.65. The van der Waals surface area contributed by atoms with Gasteiger partial charge in [-0.1, -0.05) is 0 Å². The van der Waals surface area contributed by atoms with E-state index in [2.05, 4.69) is 4.98 Å². The molecule has 1 aliphatic carbocycles. The molecule has 5 nitrogen and oxygen atoms in total. The van der Waals surface area contributed by atoms with E-state index in [0.717, 1.165) is 6.07 Å². The molecule has 1 unspecified atom stereocenters. The third-order valence-corrected chi connectivity index (χ3v) is 4.09. The predicted octanol–water partition coefficient (Wildman–Crippen LogP) is 1.97. The average Bonchev–Trinajstić information content (AvgIpc) is 2.96. The lowest BCUT2D eigenvalue weighted by atomic mass is 10.0. The van der Waals surface area contributed by atoms with Gasteiger partial charge in [-0.25, -0.2) is 8.78 Å². The van der Waals surface area contributed by atoms with Crippen molar-refractivity contribution in [2.45, 2.75) is 18.9 Å². The van der Waals surface area contributed by atoms with E-state index in [-0.39, 0.29) is 12.1 Å². The third kappa shape index (κ3) is 2.97. The second-order valence-electron chi connectivity index (χ2n) is 5.65. The van der Waals surface area contributed by atoms with Gasteiger partial charge in [0.05, 0.1) is 11.6 Å². The van der Waals surface area contributed by atoms with Crippen molar-refractivity contribution in [1.82, 2.24) is 9.88 Å². The van der Waals surface area contributed by atoms with Crippen LogP contribution in [0.1, 0.15) is 33.9 Å². The summed E-state index contributed by atoms with van der Waals surface area (Å²) in [5.41, 5.74) is 6.29. The Balaban J connectivity index is 2.00. The molecule has 0 bridgehead atoms. The number of pyridine rings is 1. The number of nitrogens with two attached hydrogens (primary N) is 1. The largest absolute Gasteiger partial charge is 0.368 e. The van der Waals surface area contributed by atoms with Crippen LogP contribution in [0.25, 0.3) is 0 Å². The van der Waals surface area contributed by atoms with Crippen LogP contribution >= 0.6 is 0 Å².